The molecule has 0 fully saturated rings. The predicted octanol–water partition coefficient (Wildman–Crippen LogP) is 2.36. The van der Waals surface area contributed by atoms with Gasteiger partial charge in [-0.2, -0.15) is 0 Å². The zero-order chi connectivity index (χ0) is 19.9. The van der Waals surface area contributed by atoms with Crippen LogP contribution in [0.1, 0.15) is 31.9 Å². The van der Waals surface area contributed by atoms with Gasteiger partial charge in [-0.15, -0.1) is 0 Å². The van der Waals surface area contributed by atoms with Crippen LogP contribution < -0.4 is 5.73 Å². The molecule has 0 unspecified atom stereocenters. The minimum absolute atomic E-state index is 0.426. The molecule has 0 aliphatic rings. The second-order valence-electron chi connectivity index (χ2n) is 7.20. The van der Waals surface area contributed by atoms with Gasteiger partial charge in [-0.25, -0.2) is 9.78 Å². The number of carbonyl (C=O) groups excluding carboxylic acids is 2. The van der Waals surface area contributed by atoms with E-state index in [0.29, 0.717) is 0 Å². The van der Waals surface area contributed by atoms with E-state index >= 15 is 0 Å². The molecule has 1 atom stereocenters. The molecule has 27 heavy (non-hydrogen) atoms. The van der Waals surface area contributed by atoms with Gasteiger partial charge in [-0.1, -0.05) is 45.0 Å². The Bertz CT molecular complexity index is 775. The summed E-state index contributed by atoms with van der Waals surface area (Å²) in [7, 11) is 0. The molecule has 2 aromatic rings. The molecule has 0 bridgehead atoms. The third kappa shape index (κ3) is 6.71. The Labute approximate surface area is 158 Å². The number of aromatic nitrogens is 2. The second kappa shape index (κ2) is 9.14. The van der Waals surface area contributed by atoms with Crippen LogP contribution in [0, 0.1) is 5.41 Å². The standard InChI is InChI=1S/C20H25N3O4/c1-20(2,3)18(21)19(25)27-14-26-17(24)9-8-15-4-6-16(7-5-15)12-23-11-10-22-13-23/h4-11,13,18H,12,14,21H2,1-3H3/b9-8+/t18-/m1/s1. The number of benzene rings is 1. The highest BCUT2D eigenvalue weighted by molar-refractivity contribution is 5.87. The molecule has 0 radical (unpaired) electrons. The predicted molar refractivity (Wildman–Crippen MR) is 101 cm³/mol. The van der Waals surface area contributed by atoms with Gasteiger partial charge in [0.1, 0.15) is 6.04 Å². The van der Waals surface area contributed by atoms with Crippen LogP contribution in [0.3, 0.4) is 0 Å². The maximum Gasteiger partial charge on any atom is 0.333 e. The van der Waals surface area contributed by atoms with Crippen molar-refractivity contribution in [2.45, 2.75) is 33.4 Å². The summed E-state index contributed by atoms with van der Waals surface area (Å²) < 4.78 is 11.7. The molecule has 0 saturated heterocycles. The molecule has 2 rings (SSSR count). The molecule has 0 amide bonds. The lowest BCUT2D eigenvalue weighted by Gasteiger charge is -2.24. The second-order valence-corrected chi connectivity index (χ2v) is 7.20. The quantitative estimate of drug-likeness (QED) is 0.456. The number of nitrogens with zero attached hydrogens (tertiary/aromatic N) is 2. The van der Waals surface area contributed by atoms with Crippen molar-refractivity contribution < 1.29 is 19.1 Å². The van der Waals surface area contributed by atoms with Gasteiger partial charge in [0, 0.05) is 25.0 Å². The first-order chi connectivity index (χ1) is 12.8. The Morgan fingerprint density at radius 3 is 2.52 bits per heavy atom. The molecule has 0 aliphatic carbocycles. The van der Waals surface area contributed by atoms with Crippen LogP contribution in [0.15, 0.2) is 49.1 Å². The number of nitrogens with two attached hydrogens (primary N) is 1. The van der Waals surface area contributed by atoms with Crippen LogP contribution in [0.5, 0.6) is 0 Å². The topological polar surface area (TPSA) is 96.4 Å². The monoisotopic (exact) mass is 371 g/mol. The van der Waals surface area contributed by atoms with Crippen LogP contribution in [-0.2, 0) is 25.6 Å². The van der Waals surface area contributed by atoms with Crippen molar-refractivity contribution in [3.63, 3.8) is 0 Å². The molecule has 1 aromatic carbocycles. The maximum atomic E-state index is 11.7. The van der Waals surface area contributed by atoms with E-state index in [-0.39, 0.29) is 0 Å². The number of rotatable bonds is 7. The first-order valence-corrected chi connectivity index (χ1v) is 8.57. The fourth-order valence-electron chi connectivity index (χ4n) is 2.13. The summed E-state index contributed by atoms with van der Waals surface area (Å²) in [5.41, 5.74) is 7.32. The summed E-state index contributed by atoms with van der Waals surface area (Å²) in [5, 5.41) is 0. The number of imidazole rings is 1. The van der Waals surface area contributed by atoms with E-state index in [0.717, 1.165) is 17.7 Å². The fraction of sp³-hybridized carbons (Fsp3) is 0.350. The highest BCUT2D eigenvalue weighted by Crippen LogP contribution is 2.18. The van der Waals surface area contributed by atoms with Crippen LogP contribution >= 0.6 is 0 Å². The maximum absolute atomic E-state index is 11.7. The molecule has 0 saturated carbocycles. The number of esters is 2. The Balaban J connectivity index is 1.76. The lowest BCUT2D eigenvalue weighted by molar-refractivity contribution is -0.166. The van der Waals surface area contributed by atoms with Crippen molar-refractivity contribution in [3.8, 4) is 0 Å². The number of hydrogen-bond donors (Lipinski definition) is 1. The summed E-state index contributed by atoms with van der Waals surface area (Å²) in [4.78, 5) is 27.4. The zero-order valence-electron chi connectivity index (χ0n) is 15.8. The van der Waals surface area contributed by atoms with E-state index in [1.54, 1.807) is 18.6 Å². The Morgan fingerprint density at radius 2 is 1.93 bits per heavy atom. The van der Waals surface area contributed by atoms with Crippen LogP contribution in [0.4, 0.5) is 0 Å². The van der Waals surface area contributed by atoms with Gasteiger partial charge in [0.05, 0.1) is 6.33 Å². The third-order valence-electron chi connectivity index (χ3n) is 3.91. The summed E-state index contributed by atoms with van der Waals surface area (Å²) in [5.74, 6) is -1.21. The average molecular weight is 371 g/mol. The highest BCUT2D eigenvalue weighted by Gasteiger charge is 2.28. The highest BCUT2D eigenvalue weighted by atomic mass is 16.7. The fourth-order valence-corrected chi connectivity index (χ4v) is 2.13. The van der Waals surface area contributed by atoms with Gasteiger partial charge < -0.3 is 19.8 Å². The average Bonchev–Trinajstić information content (AvgIpc) is 3.12. The van der Waals surface area contributed by atoms with Crippen LogP contribution in [0.25, 0.3) is 6.08 Å². The molecular formula is C20H25N3O4. The lowest BCUT2D eigenvalue weighted by Crippen LogP contribution is -2.43. The van der Waals surface area contributed by atoms with Crippen LogP contribution in [0.2, 0.25) is 0 Å². The largest absolute Gasteiger partial charge is 0.427 e. The van der Waals surface area contributed by atoms with Crippen LogP contribution in [-0.4, -0.2) is 34.3 Å². The van der Waals surface area contributed by atoms with Crippen molar-refractivity contribution in [3.05, 3.63) is 60.2 Å². The minimum Gasteiger partial charge on any atom is -0.427 e. The summed E-state index contributed by atoms with van der Waals surface area (Å²) >= 11 is 0. The molecule has 7 heteroatoms. The van der Waals surface area contributed by atoms with Crippen molar-refractivity contribution in [1.82, 2.24) is 9.55 Å². The van der Waals surface area contributed by atoms with Gasteiger partial charge >= 0.3 is 11.9 Å². The minimum atomic E-state index is -0.785. The van der Waals surface area contributed by atoms with E-state index in [9.17, 15) is 9.59 Å². The third-order valence-corrected chi connectivity index (χ3v) is 3.91. The van der Waals surface area contributed by atoms with E-state index in [1.165, 1.54) is 6.08 Å². The molecule has 144 valence electrons. The Morgan fingerprint density at radius 1 is 1.22 bits per heavy atom. The first kappa shape index (κ1) is 20.4. The molecule has 0 aliphatic heterocycles. The van der Waals surface area contributed by atoms with Gasteiger partial charge in [0.2, 0.25) is 6.79 Å². The van der Waals surface area contributed by atoms with Crippen molar-refractivity contribution in [2.75, 3.05) is 6.79 Å². The zero-order valence-corrected chi connectivity index (χ0v) is 15.8. The van der Waals surface area contributed by atoms with Gasteiger partial charge in [0.15, 0.2) is 0 Å². The smallest absolute Gasteiger partial charge is 0.333 e. The van der Waals surface area contributed by atoms with Crippen molar-refractivity contribution in [2.24, 2.45) is 11.1 Å². The summed E-state index contributed by atoms with van der Waals surface area (Å²) in [6.07, 6.45) is 8.29. The molecule has 0 spiro atoms. The summed E-state index contributed by atoms with van der Waals surface area (Å²) in [6.45, 7) is 5.75. The van der Waals surface area contributed by atoms with E-state index in [2.05, 4.69) is 4.98 Å². The number of hydrogen-bond acceptors (Lipinski definition) is 6. The normalized spacial score (nSPS) is 12.7. The molecule has 7 nitrogen and oxygen atoms in total. The van der Waals surface area contributed by atoms with Gasteiger partial charge in [0.25, 0.3) is 0 Å². The molecule has 2 N–H and O–H groups in total. The Hall–Kier alpha value is -2.93. The molecule has 1 aromatic heterocycles. The van der Waals surface area contributed by atoms with E-state index in [1.807, 2.05) is 55.8 Å². The van der Waals surface area contributed by atoms with E-state index in [4.69, 9.17) is 15.2 Å². The van der Waals surface area contributed by atoms with Gasteiger partial charge in [-0.05, 0) is 22.6 Å². The lowest BCUT2D eigenvalue weighted by atomic mass is 9.87. The summed E-state index contributed by atoms with van der Waals surface area (Å²) in [6, 6.07) is 6.96. The van der Waals surface area contributed by atoms with Crippen molar-refractivity contribution >= 4 is 18.0 Å². The van der Waals surface area contributed by atoms with Gasteiger partial charge in [-0.3, -0.25) is 4.79 Å². The SMILES string of the molecule is CC(C)(C)[C@H](N)C(=O)OCOC(=O)/C=C/c1ccc(Cn2ccnc2)cc1. The first-order valence-electron chi connectivity index (χ1n) is 8.57. The van der Waals surface area contributed by atoms with Crippen molar-refractivity contribution in [1.29, 1.82) is 0 Å². The molecule has 1 heterocycles. The van der Waals surface area contributed by atoms with E-state index < -0.39 is 30.2 Å². The number of ether oxygens (including phenoxy) is 2. The number of carbonyl (C=O) groups is 2. The Kier molecular flexibility index (Phi) is 6.90. The molecular weight excluding hydrogens is 346 g/mol.